The molecular formula is C7H13N3OS2. The summed E-state index contributed by atoms with van der Waals surface area (Å²) in [4.78, 5) is 1.00. The lowest BCUT2D eigenvalue weighted by Gasteiger charge is -2.03. The lowest BCUT2D eigenvalue weighted by atomic mass is 10.4. The Hall–Kier alpha value is -0.460. The second kappa shape index (κ2) is 5.31. The van der Waals surface area contributed by atoms with Crippen LogP contribution < -0.4 is 11.1 Å². The predicted molar refractivity (Wildman–Crippen MR) is 58.5 cm³/mol. The van der Waals surface area contributed by atoms with Crippen molar-refractivity contribution in [2.24, 2.45) is 0 Å². The first-order valence-electron chi connectivity index (χ1n) is 3.93. The first-order chi connectivity index (χ1) is 6.29. The number of aromatic nitrogens is 1. The molecule has 6 heteroatoms. The van der Waals surface area contributed by atoms with Crippen LogP contribution in [-0.2, 0) is 0 Å². The van der Waals surface area contributed by atoms with Crippen LogP contribution in [-0.4, -0.2) is 28.9 Å². The molecule has 0 unspecified atom stereocenters. The van der Waals surface area contributed by atoms with Crippen molar-refractivity contribution in [2.45, 2.75) is 11.3 Å². The van der Waals surface area contributed by atoms with E-state index in [0.717, 1.165) is 22.9 Å². The van der Waals surface area contributed by atoms with Crippen LogP contribution in [0.3, 0.4) is 0 Å². The van der Waals surface area contributed by atoms with E-state index in [1.54, 1.807) is 11.8 Å². The molecule has 0 aliphatic carbocycles. The molecule has 0 aliphatic heterocycles. The highest BCUT2D eigenvalue weighted by Gasteiger charge is 2.08. The molecule has 74 valence electrons. The SMILES string of the molecule is CSc1c(N)nsc1NCCCO. The molecule has 13 heavy (non-hydrogen) atoms. The van der Waals surface area contributed by atoms with Crippen molar-refractivity contribution < 1.29 is 5.11 Å². The minimum Gasteiger partial charge on any atom is -0.396 e. The Labute approximate surface area is 85.7 Å². The van der Waals surface area contributed by atoms with Crippen LogP contribution in [0.4, 0.5) is 10.8 Å². The van der Waals surface area contributed by atoms with E-state index in [9.17, 15) is 0 Å². The third-order valence-electron chi connectivity index (χ3n) is 1.50. The fourth-order valence-electron chi connectivity index (χ4n) is 0.885. The van der Waals surface area contributed by atoms with Crippen LogP contribution in [0.1, 0.15) is 6.42 Å². The molecular weight excluding hydrogens is 206 g/mol. The van der Waals surface area contributed by atoms with E-state index >= 15 is 0 Å². The smallest absolute Gasteiger partial charge is 0.153 e. The summed E-state index contributed by atoms with van der Waals surface area (Å²) in [6, 6.07) is 0. The van der Waals surface area contributed by atoms with Gasteiger partial charge in [0, 0.05) is 13.2 Å². The number of nitrogen functional groups attached to an aromatic ring is 1. The van der Waals surface area contributed by atoms with Gasteiger partial charge in [-0.15, -0.1) is 11.8 Å². The highest BCUT2D eigenvalue weighted by molar-refractivity contribution is 7.99. The van der Waals surface area contributed by atoms with Crippen LogP contribution in [0.25, 0.3) is 0 Å². The largest absolute Gasteiger partial charge is 0.396 e. The molecule has 0 aromatic carbocycles. The summed E-state index contributed by atoms with van der Waals surface area (Å²) in [7, 11) is 0. The van der Waals surface area contributed by atoms with Gasteiger partial charge in [0.2, 0.25) is 0 Å². The molecule has 1 rings (SSSR count). The first kappa shape index (κ1) is 10.6. The van der Waals surface area contributed by atoms with E-state index in [4.69, 9.17) is 10.8 Å². The van der Waals surface area contributed by atoms with Gasteiger partial charge in [-0.1, -0.05) is 0 Å². The van der Waals surface area contributed by atoms with E-state index in [-0.39, 0.29) is 6.61 Å². The topological polar surface area (TPSA) is 71.2 Å². The molecule has 1 aromatic rings. The molecule has 1 heterocycles. The number of aliphatic hydroxyl groups is 1. The standard InChI is InChI=1S/C7H13N3OS2/c1-12-5-6(8)10-13-7(5)9-3-2-4-11/h9,11H,2-4H2,1H3,(H2,8,10). The molecule has 0 amide bonds. The molecule has 1 aromatic heterocycles. The van der Waals surface area contributed by atoms with Gasteiger partial charge in [0.25, 0.3) is 0 Å². The monoisotopic (exact) mass is 219 g/mol. The fraction of sp³-hybridized carbons (Fsp3) is 0.571. The maximum atomic E-state index is 8.59. The van der Waals surface area contributed by atoms with Crippen LogP contribution in [0, 0.1) is 0 Å². The predicted octanol–water partition coefficient (Wildman–Crippen LogP) is 1.24. The lowest BCUT2D eigenvalue weighted by Crippen LogP contribution is -2.02. The number of rotatable bonds is 5. The van der Waals surface area contributed by atoms with Gasteiger partial charge < -0.3 is 16.2 Å². The Morgan fingerprint density at radius 2 is 2.46 bits per heavy atom. The van der Waals surface area contributed by atoms with Crippen molar-refractivity contribution in [2.75, 3.05) is 30.5 Å². The first-order valence-corrected chi connectivity index (χ1v) is 5.93. The van der Waals surface area contributed by atoms with Gasteiger partial charge in [-0.3, -0.25) is 0 Å². The number of nitrogens with zero attached hydrogens (tertiary/aromatic N) is 1. The summed E-state index contributed by atoms with van der Waals surface area (Å²) in [5.74, 6) is 0.587. The fourth-order valence-corrected chi connectivity index (χ4v) is 2.45. The summed E-state index contributed by atoms with van der Waals surface area (Å²) in [5.41, 5.74) is 5.65. The van der Waals surface area contributed by atoms with E-state index in [1.807, 2.05) is 6.26 Å². The van der Waals surface area contributed by atoms with Crippen LogP contribution in [0.15, 0.2) is 4.90 Å². The third-order valence-corrected chi connectivity index (χ3v) is 3.27. The average molecular weight is 219 g/mol. The second-order valence-electron chi connectivity index (χ2n) is 2.43. The van der Waals surface area contributed by atoms with E-state index in [0.29, 0.717) is 5.82 Å². The van der Waals surface area contributed by atoms with Gasteiger partial charge in [-0.25, -0.2) is 0 Å². The van der Waals surface area contributed by atoms with Gasteiger partial charge >= 0.3 is 0 Å². The van der Waals surface area contributed by atoms with Crippen molar-refractivity contribution in [1.29, 1.82) is 0 Å². The second-order valence-corrected chi connectivity index (χ2v) is 4.02. The van der Waals surface area contributed by atoms with Gasteiger partial charge in [-0.2, -0.15) is 4.37 Å². The molecule has 0 saturated heterocycles. The molecule has 0 radical (unpaired) electrons. The number of thioether (sulfide) groups is 1. The highest BCUT2D eigenvalue weighted by Crippen LogP contribution is 2.34. The molecule has 0 saturated carbocycles. The van der Waals surface area contributed by atoms with Crippen LogP contribution >= 0.6 is 23.3 Å². The summed E-state index contributed by atoms with van der Waals surface area (Å²) in [5, 5.41) is 12.8. The molecule has 0 fully saturated rings. The zero-order chi connectivity index (χ0) is 9.68. The van der Waals surface area contributed by atoms with Gasteiger partial charge in [0.1, 0.15) is 5.00 Å². The summed E-state index contributed by atoms with van der Waals surface area (Å²) < 4.78 is 4.04. The Kier molecular flexibility index (Phi) is 4.34. The van der Waals surface area contributed by atoms with E-state index in [1.165, 1.54) is 11.5 Å². The van der Waals surface area contributed by atoms with Gasteiger partial charge in [0.15, 0.2) is 5.82 Å². The summed E-state index contributed by atoms with van der Waals surface area (Å²) >= 11 is 2.95. The van der Waals surface area contributed by atoms with Crippen molar-refractivity contribution in [3.8, 4) is 0 Å². The quantitative estimate of drug-likeness (QED) is 0.513. The molecule has 0 aliphatic rings. The number of nitrogens with one attached hydrogen (secondary N) is 1. The molecule has 0 bridgehead atoms. The molecule has 4 nitrogen and oxygen atoms in total. The van der Waals surface area contributed by atoms with E-state index in [2.05, 4.69) is 9.69 Å². The molecule has 0 spiro atoms. The number of nitrogens with two attached hydrogens (primary N) is 1. The Morgan fingerprint density at radius 1 is 1.69 bits per heavy atom. The zero-order valence-electron chi connectivity index (χ0n) is 7.41. The van der Waals surface area contributed by atoms with Crippen molar-refractivity contribution in [1.82, 2.24) is 4.37 Å². The summed E-state index contributed by atoms with van der Waals surface area (Å²) in [6.45, 7) is 0.960. The number of hydrogen-bond donors (Lipinski definition) is 3. The average Bonchev–Trinajstić information content (AvgIpc) is 2.47. The Morgan fingerprint density at radius 3 is 3.08 bits per heavy atom. The van der Waals surface area contributed by atoms with Crippen molar-refractivity contribution in [3.63, 3.8) is 0 Å². The minimum atomic E-state index is 0.204. The third kappa shape index (κ3) is 2.75. The normalized spacial score (nSPS) is 10.3. The Balaban J connectivity index is 2.55. The Bertz CT molecular complexity index is 264. The number of aliphatic hydroxyl groups excluding tert-OH is 1. The zero-order valence-corrected chi connectivity index (χ0v) is 9.04. The van der Waals surface area contributed by atoms with Crippen molar-refractivity contribution in [3.05, 3.63) is 0 Å². The number of hydrogen-bond acceptors (Lipinski definition) is 6. The highest BCUT2D eigenvalue weighted by atomic mass is 32.2. The minimum absolute atomic E-state index is 0.204. The van der Waals surface area contributed by atoms with Crippen LogP contribution in [0.5, 0.6) is 0 Å². The van der Waals surface area contributed by atoms with Gasteiger partial charge in [0.05, 0.1) is 4.90 Å². The van der Waals surface area contributed by atoms with Gasteiger partial charge in [-0.05, 0) is 24.2 Å². The number of anilines is 2. The lowest BCUT2D eigenvalue weighted by molar-refractivity contribution is 0.292. The summed E-state index contributed by atoms with van der Waals surface area (Å²) in [6.07, 6.45) is 2.71. The molecule has 0 atom stereocenters. The van der Waals surface area contributed by atoms with Crippen LogP contribution in [0.2, 0.25) is 0 Å². The maximum Gasteiger partial charge on any atom is 0.153 e. The van der Waals surface area contributed by atoms with E-state index < -0.39 is 0 Å². The maximum absolute atomic E-state index is 8.59. The molecule has 4 N–H and O–H groups in total. The van der Waals surface area contributed by atoms with Crippen molar-refractivity contribution >= 4 is 34.1 Å².